The van der Waals surface area contributed by atoms with Crippen molar-refractivity contribution in [3.05, 3.63) is 83.3 Å². The molecule has 2 aliphatic rings. The Labute approximate surface area is 246 Å². The molecule has 1 aromatic heterocycles. The SMILES string of the molecule is N/C=C\C=C(/Cc1ccc2c(Nc3ccc(C(F)(F)F)cc3)nc(CCN3CCCC4CCCCC43)nc2c1)C(F)(F)F. The molecular formula is C32H35F6N5. The molecule has 1 saturated heterocycles. The number of likely N-dealkylation sites (tertiary alicyclic amines) is 1. The first-order valence-corrected chi connectivity index (χ1v) is 14.6. The number of nitrogens with two attached hydrogens (primary N) is 1. The zero-order chi connectivity index (χ0) is 30.6. The molecule has 43 heavy (non-hydrogen) atoms. The lowest BCUT2D eigenvalue weighted by molar-refractivity contribution is -0.137. The lowest BCUT2D eigenvalue weighted by Crippen LogP contribution is -2.47. The van der Waals surface area contributed by atoms with Crippen LogP contribution in [0, 0.1) is 5.92 Å². The molecular weight excluding hydrogens is 568 g/mol. The largest absolute Gasteiger partial charge is 0.416 e. The van der Waals surface area contributed by atoms with E-state index in [4.69, 9.17) is 15.7 Å². The Hall–Kier alpha value is -3.60. The van der Waals surface area contributed by atoms with Crippen LogP contribution >= 0.6 is 0 Å². The number of anilines is 2. The summed E-state index contributed by atoms with van der Waals surface area (Å²) in [7, 11) is 0. The fourth-order valence-corrected chi connectivity index (χ4v) is 6.31. The Kier molecular flexibility index (Phi) is 9.29. The highest BCUT2D eigenvalue weighted by molar-refractivity contribution is 5.91. The summed E-state index contributed by atoms with van der Waals surface area (Å²) in [4.78, 5) is 12.0. The van der Waals surface area contributed by atoms with Gasteiger partial charge in [-0.3, -0.25) is 4.90 Å². The molecule has 1 aliphatic heterocycles. The molecule has 5 rings (SSSR count). The minimum atomic E-state index is -4.54. The molecule has 2 heterocycles. The number of nitrogens with zero attached hydrogens (tertiary/aromatic N) is 3. The Balaban J connectivity index is 1.46. The molecule has 5 nitrogen and oxygen atoms in total. The molecule has 1 saturated carbocycles. The van der Waals surface area contributed by atoms with Crippen LogP contribution in [0.25, 0.3) is 10.9 Å². The van der Waals surface area contributed by atoms with Gasteiger partial charge in [0, 0.05) is 42.1 Å². The summed E-state index contributed by atoms with van der Waals surface area (Å²) in [6.07, 6.45) is 1.66. The smallest absolute Gasteiger partial charge is 0.405 e. The molecule has 3 aromatic rings. The Morgan fingerprint density at radius 3 is 2.42 bits per heavy atom. The third-order valence-corrected chi connectivity index (χ3v) is 8.43. The van der Waals surface area contributed by atoms with E-state index in [1.54, 1.807) is 18.2 Å². The zero-order valence-electron chi connectivity index (χ0n) is 23.7. The molecule has 2 unspecified atom stereocenters. The maximum atomic E-state index is 13.7. The van der Waals surface area contributed by atoms with Crippen molar-refractivity contribution in [2.45, 2.75) is 69.8 Å². The van der Waals surface area contributed by atoms with Gasteiger partial charge in [-0.25, -0.2) is 9.97 Å². The Morgan fingerprint density at radius 2 is 1.70 bits per heavy atom. The van der Waals surface area contributed by atoms with Crippen LogP contribution in [0.3, 0.4) is 0 Å². The first kappa shape index (κ1) is 30.8. The lowest BCUT2D eigenvalue weighted by Gasteiger charge is -2.44. The van der Waals surface area contributed by atoms with Gasteiger partial charge in [0.25, 0.3) is 0 Å². The van der Waals surface area contributed by atoms with Gasteiger partial charge in [0.2, 0.25) is 0 Å². The fraction of sp³-hybridized carbons (Fsp3) is 0.438. The van der Waals surface area contributed by atoms with Gasteiger partial charge in [-0.15, -0.1) is 0 Å². The van der Waals surface area contributed by atoms with Crippen LogP contribution < -0.4 is 11.1 Å². The van der Waals surface area contributed by atoms with Crippen molar-refractivity contribution in [2.24, 2.45) is 11.7 Å². The van der Waals surface area contributed by atoms with E-state index in [0.29, 0.717) is 52.2 Å². The highest BCUT2D eigenvalue weighted by Gasteiger charge is 2.34. The van der Waals surface area contributed by atoms with E-state index in [9.17, 15) is 26.3 Å². The summed E-state index contributed by atoms with van der Waals surface area (Å²) in [5, 5.41) is 3.67. The van der Waals surface area contributed by atoms with Gasteiger partial charge in [-0.2, -0.15) is 26.3 Å². The van der Waals surface area contributed by atoms with Crippen molar-refractivity contribution in [2.75, 3.05) is 18.4 Å². The normalized spacial score (nSPS) is 20.5. The number of aromatic nitrogens is 2. The van der Waals surface area contributed by atoms with Gasteiger partial charge in [-0.05, 0) is 92.4 Å². The van der Waals surface area contributed by atoms with Crippen LogP contribution in [0.2, 0.25) is 0 Å². The lowest BCUT2D eigenvalue weighted by atomic mass is 9.78. The second-order valence-corrected chi connectivity index (χ2v) is 11.3. The summed E-state index contributed by atoms with van der Waals surface area (Å²) in [6.45, 7) is 1.78. The van der Waals surface area contributed by atoms with Crippen molar-refractivity contribution >= 4 is 22.4 Å². The van der Waals surface area contributed by atoms with E-state index in [-0.39, 0.29) is 6.42 Å². The molecule has 230 valence electrons. The number of rotatable bonds is 8. The topological polar surface area (TPSA) is 67.1 Å². The molecule has 2 atom stereocenters. The number of nitrogens with one attached hydrogen (secondary N) is 1. The maximum absolute atomic E-state index is 13.7. The number of halogens is 6. The van der Waals surface area contributed by atoms with Gasteiger partial charge in [0.05, 0.1) is 11.1 Å². The van der Waals surface area contributed by atoms with E-state index >= 15 is 0 Å². The van der Waals surface area contributed by atoms with Crippen LogP contribution in [-0.2, 0) is 19.0 Å². The number of alkyl halides is 6. The highest BCUT2D eigenvalue weighted by atomic mass is 19.4. The molecule has 0 amide bonds. The van der Waals surface area contributed by atoms with Crippen molar-refractivity contribution in [3.8, 4) is 0 Å². The number of piperidine rings is 1. The molecule has 0 spiro atoms. The van der Waals surface area contributed by atoms with Crippen molar-refractivity contribution in [1.82, 2.24) is 14.9 Å². The first-order chi connectivity index (χ1) is 20.5. The Bertz CT molecular complexity index is 1460. The zero-order valence-corrected chi connectivity index (χ0v) is 23.7. The van der Waals surface area contributed by atoms with E-state index in [1.807, 2.05) is 0 Å². The summed E-state index contributed by atoms with van der Waals surface area (Å²) in [6, 6.07) is 10.0. The average molecular weight is 604 g/mol. The van der Waals surface area contributed by atoms with Crippen LogP contribution in [0.15, 0.2) is 66.4 Å². The summed E-state index contributed by atoms with van der Waals surface area (Å²) in [5.74, 6) is 1.62. The Morgan fingerprint density at radius 1 is 0.953 bits per heavy atom. The molecule has 0 radical (unpaired) electrons. The van der Waals surface area contributed by atoms with Gasteiger partial charge >= 0.3 is 12.4 Å². The minimum Gasteiger partial charge on any atom is -0.405 e. The second kappa shape index (κ2) is 13.0. The molecule has 1 aliphatic carbocycles. The summed E-state index contributed by atoms with van der Waals surface area (Å²) < 4.78 is 80.2. The van der Waals surface area contributed by atoms with E-state index < -0.39 is 23.5 Å². The van der Waals surface area contributed by atoms with Crippen molar-refractivity contribution in [3.63, 3.8) is 0 Å². The standard InChI is InChI=1S/C32H35F6N5/c33-31(34,35)23-10-12-25(13-11-23)40-30-26-14-9-21(19-24(7-3-16-39)32(36,37)38)20-27(26)41-29(42-30)15-18-43-17-4-6-22-5-1-2-8-28(22)43/h3,7,9-14,16,20,22,28H,1-2,4-6,8,15,17-19,39H2,(H,40,41,42)/b16-3-,24-7+. The number of benzene rings is 2. The predicted octanol–water partition coefficient (Wildman–Crippen LogP) is 8.09. The maximum Gasteiger partial charge on any atom is 0.416 e. The van der Waals surface area contributed by atoms with E-state index in [0.717, 1.165) is 50.0 Å². The van der Waals surface area contributed by atoms with Crippen molar-refractivity contribution in [1.29, 1.82) is 0 Å². The number of hydrogen-bond donors (Lipinski definition) is 2. The third kappa shape index (κ3) is 7.68. The average Bonchev–Trinajstić information content (AvgIpc) is 2.97. The van der Waals surface area contributed by atoms with Crippen LogP contribution in [0.5, 0.6) is 0 Å². The number of hydrogen-bond acceptors (Lipinski definition) is 5. The number of allylic oxidation sites excluding steroid dienone is 3. The third-order valence-electron chi connectivity index (χ3n) is 8.43. The van der Waals surface area contributed by atoms with Crippen molar-refractivity contribution < 1.29 is 26.3 Å². The second-order valence-electron chi connectivity index (χ2n) is 11.3. The molecule has 2 aromatic carbocycles. The van der Waals surface area contributed by atoms with Gasteiger partial charge < -0.3 is 11.1 Å². The molecule has 11 heteroatoms. The summed E-state index contributed by atoms with van der Waals surface area (Å²) in [5.41, 5.74) is 5.01. The van der Waals surface area contributed by atoms with E-state index in [2.05, 4.69) is 10.2 Å². The van der Waals surface area contributed by atoms with Crippen LogP contribution in [0.4, 0.5) is 37.8 Å². The number of fused-ring (bicyclic) bond motifs is 2. The van der Waals surface area contributed by atoms with Crippen LogP contribution in [-0.4, -0.2) is 40.2 Å². The van der Waals surface area contributed by atoms with Gasteiger partial charge in [0.15, 0.2) is 0 Å². The molecule has 0 bridgehead atoms. The van der Waals surface area contributed by atoms with Gasteiger partial charge in [0.1, 0.15) is 11.6 Å². The van der Waals surface area contributed by atoms with Gasteiger partial charge in [-0.1, -0.05) is 25.0 Å². The first-order valence-electron chi connectivity index (χ1n) is 14.6. The summed E-state index contributed by atoms with van der Waals surface area (Å²) >= 11 is 0. The van der Waals surface area contributed by atoms with Crippen LogP contribution in [0.1, 0.15) is 55.5 Å². The molecule has 3 N–H and O–H groups in total. The molecule has 2 fully saturated rings. The fourth-order valence-electron chi connectivity index (χ4n) is 6.31. The van der Waals surface area contributed by atoms with E-state index in [1.165, 1.54) is 44.2 Å². The monoisotopic (exact) mass is 603 g/mol. The minimum absolute atomic E-state index is 0.373. The highest BCUT2D eigenvalue weighted by Crippen LogP contribution is 2.36. The predicted molar refractivity (Wildman–Crippen MR) is 156 cm³/mol. The quantitative estimate of drug-likeness (QED) is 0.201.